The van der Waals surface area contributed by atoms with Crippen LogP contribution in [-0.2, 0) is 0 Å². The van der Waals surface area contributed by atoms with E-state index in [1.165, 1.54) is 10.9 Å². The molecule has 0 atom stereocenters. The first kappa shape index (κ1) is 20.5. The van der Waals surface area contributed by atoms with Crippen LogP contribution < -0.4 is 4.90 Å². The van der Waals surface area contributed by atoms with E-state index in [-0.39, 0.29) is 5.52 Å². The van der Waals surface area contributed by atoms with Gasteiger partial charge >= 0.3 is 0 Å². The molecule has 0 aliphatic rings. The lowest BCUT2D eigenvalue weighted by atomic mass is 10.0. The smallest absolute Gasteiger partial charge is 0.157 e. The summed E-state index contributed by atoms with van der Waals surface area (Å²) in [6.07, 6.45) is 5.27. The first-order chi connectivity index (χ1) is 16.5. The first-order valence-electron chi connectivity index (χ1n) is 10.7. The van der Waals surface area contributed by atoms with Gasteiger partial charge < -0.3 is 9.88 Å². The Kier molecular flexibility index (Phi) is 4.66. The molecule has 0 saturated carbocycles. The Balaban J connectivity index is 1.51. The Labute approximate surface area is 198 Å². The maximum absolute atomic E-state index is 15.1. The molecular formula is C25H20FN7S. The molecule has 0 spiro atoms. The minimum Gasteiger partial charge on any atom is -0.376 e. The van der Waals surface area contributed by atoms with Gasteiger partial charge in [-0.3, -0.25) is 15.1 Å². The van der Waals surface area contributed by atoms with Crippen LogP contribution in [0.1, 0.15) is 4.88 Å². The van der Waals surface area contributed by atoms with Crippen LogP contribution in [-0.4, -0.2) is 44.2 Å². The third-order valence-electron chi connectivity index (χ3n) is 5.80. The molecule has 168 valence electrons. The molecule has 6 rings (SSSR count). The van der Waals surface area contributed by atoms with Crippen molar-refractivity contribution in [1.29, 1.82) is 0 Å². The molecule has 6 aromatic rings. The number of thiophene rings is 1. The SMILES string of the molecule is Cc1ccc(-c2nccc3[nH]c(-c4[nH]nc5c(F)cc(-c6cncc(N(C)C)c6)cc45)nc23)s1. The summed E-state index contributed by atoms with van der Waals surface area (Å²) in [5.41, 5.74) is 5.81. The summed E-state index contributed by atoms with van der Waals surface area (Å²) in [7, 11) is 3.89. The minimum atomic E-state index is -0.405. The standard InChI is InChI=1S/C25H20FN7S/c1-13-4-5-20(34-13)24-23-19(6-7-28-24)29-25(30-23)22-17-9-14(10-18(26)21(17)31-32-22)15-8-16(33(2)3)12-27-11-15/h4-12H,1-3H3,(H,29,30)(H,31,32). The first-order valence-corrected chi connectivity index (χ1v) is 11.5. The van der Waals surface area contributed by atoms with Crippen LogP contribution >= 0.6 is 11.3 Å². The number of H-pyrrole nitrogens is 2. The number of benzene rings is 1. The maximum atomic E-state index is 15.1. The van der Waals surface area contributed by atoms with Gasteiger partial charge in [0, 0.05) is 42.3 Å². The molecule has 2 N–H and O–H groups in total. The zero-order chi connectivity index (χ0) is 23.4. The van der Waals surface area contributed by atoms with E-state index >= 15 is 4.39 Å². The summed E-state index contributed by atoms with van der Waals surface area (Å²) in [4.78, 5) is 21.3. The van der Waals surface area contributed by atoms with Crippen molar-refractivity contribution in [3.63, 3.8) is 0 Å². The minimum absolute atomic E-state index is 0.267. The molecule has 7 nitrogen and oxygen atoms in total. The highest BCUT2D eigenvalue weighted by atomic mass is 32.1. The monoisotopic (exact) mass is 469 g/mol. The average molecular weight is 470 g/mol. The van der Waals surface area contributed by atoms with Crippen molar-refractivity contribution in [3.05, 3.63) is 65.7 Å². The van der Waals surface area contributed by atoms with Crippen LogP contribution in [0.2, 0.25) is 0 Å². The van der Waals surface area contributed by atoms with E-state index < -0.39 is 5.82 Å². The van der Waals surface area contributed by atoms with Gasteiger partial charge in [-0.05, 0) is 48.9 Å². The molecule has 0 unspecified atom stereocenters. The van der Waals surface area contributed by atoms with Crippen molar-refractivity contribution in [3.8, 4) is 33.2 Å². The van der Waals surface area contributed by atoms with Crippen molar-refractivity contribution >= 4 is 39.0 Å². The Morgan fingerprint density at radius 3 is 2.68 bits per heavy atom. The summed E-state index contributed by atoms with van der Waals surface area (Å²) in [5.74, 6) is 0.175. The molecule has 34 heavy (non-hydrogen) atoms. The number of halogens is 1. The normalized spacial score (nSPS) is 11.5. The van der Waals surface area contributed by atoms with E-state index in [9.17, 15) is 0 Å². The van der Waals surface area contributed by atoms with Crippen LogP contribution in [0.3, 0.4) is 0 Å². The van der Waals surface area contributed by atoms with Crippen LogP contribution in [0.5, 0.6) is 0 Å². The van der Waals surface area contributed by atoms with Crippen molar-refractivity contribution in [2.24, 2.45) is 0 Å². The third kappa shape index (κ3) is 3.32. The predicted octanol–water partition coefficient (Wildman–Crippen LogP) is 5.81. The van der Waals surface area contributed by atoms with E-state index in [0.717, 1.165) is 38.4 Å². The molecule has 0 fully saturated rings. The Hall–Kier alpha value is -4.11. The van der Waals surface area contributed by atoms with E-state index in [0.29, 0.717) is 16.9 Å². The maximum Gasteiger partial charge on any atom is 0.157 e. The number of rotatable bonds is 4. The second-order valence-corrected chi connectivity index (χ2v) is 9.62. The molecule has 0 aliphatic carbocycles. The highest BCUT2D eigenvalue weighted by Crippen LogP contribution is 2.35. The van der Waals surface area contributed by atoms with Gasteiger partial charge in [-0.1, -0.05) is 0 Å². The van der Waals surface area contributed by atoms with Gasteiger partial charge in [0.05, 0.1) is 22.3 Å². The lowest BCUT2D eigenvalue weighted by molar-refractivity contribution is 0.636. The Morgan fingerprint density at radius 2 is 1.88 bits per heavy atom. The number of hydrogen-bond acceptors (Lipinski definition) is 6. The Morgan fingerprint density at radius 1 is 1.00 bits per heavy atom. The number of pyridine rings is 2. The fourth-order valence-electron chi connectivity index (χ4n) is 4.05. The van der Waals surface area contributed by atoms with Crippen LogP contribution in [0.15, 0.2) is 55.0 Å². The molecule has 0 radical (unpaired) electrons. The second kappa shape index (κ2) is 7.74. The van der Waals surface area contributed by atoms with Gasteiger partial charge in [0.15, 0.2) is 11.6 Å². The summed E-state index contributed by atoms with van der Waals surface area (Å²) < 4.78 is 15.1. The van der Waals surface area contributed by atoms with Crippen LogP contribution in [0.4, 0.5) is 10.1 Å². The molecule has 0 saturated heterocycles. The van der Waals surface area contributed by atoms with Gasteiger partial charge in [0.25, 0.3) is 0 Å². The highest BCUT2D eigenvalue weighted by Gasteiger charge is 2.19. The second-order valence-electron chi connectivity index (χ2n) is 8.33. The summed E-state index contributed by atoms with van der Waals surface area (Å²) in [6, 6.07) is 11.4. The van der Waals surface area contributed by atoms with Crippen molar-refractivity contribution in [2.45, 2.75) is 6.92 Å². The zero-order valence-electron chi connectivity index (χ0n) is 18.7. The van der Waals surface area contributed by atoms with Gasteiger partial charge in [-0.2, -0.15) is 5.10 Å². The summed E-state index contributed by atoms with van der Waals surface area (Å²) in [6.45, 7) is 2.07. The van der Waals surface area contributed by atoms with E-state index in [1.807, 2.05) is 37.2 Å². The van der Waals surface area contributed by atoms with Gasteiger partial charge in [0.2, 0.25) is 0 Å². The fraction of sp³-hybridized carbons (Fsp3) is 0.120. The molecule has 1 aromatic carbocycles. The quantitative estimate of drug-likeness (QED) is 0.340. The third-order valence-corrected chi connectivity index (χ3v) is 6.80. The largest absolute Gasteiger partial charge is 0.376 e. The van der Waals surface area contributed by atoms with Gasteiger partial charge in [-0.15, -0.1) is 11.3 Å². The number of anilines is 1. The van der Waals surface area contributed by atoms with Crippen LogP contribution in [0, 0.1) is 12.7 Å². The van der Waals surface area contributed by atoms with Gasteiger partial charge in [-0.25, -0.2) is 9.37 Å². The zero-order valence-corrected chi connectivity index (χ0v) is 19.5. The number of fused-ring (bicyclic) bond motifs is 2. The molecule has 5 heterocycles. The van der Waals surface area contributed by atoms with Crippen molar-refractivity contribution in [1.82, 2.24) is 30.1 Å². The number of hydrogen-bond donors (Lipinski definition) is 2. The van der Waals surface area contributed by atoms with Crippen LogP contribution in [0.25, 0.3) is 55.2 Å². The highest BCUT2D eigenvalue weighted by molar-refractivity contribution is 7.15. The molecule has 0 bridgehead atoms. The number of aromatic amines is 2. The molecule has 5 aromatic heterocycles. The predicted molar refractivity (Wildman–Crippen MR) is 135 cm³/mol. The molecular weight excluding hydrogens is 449 g/mol. The van der Waals surface area contributed by atoms with Crippen molar-refractivity contribution in [2.75, 3.05) is 19.0 Å². The number of nitrogens with zero attached hydrogens (tertiary/aromatic N) is 5. The van der Waals surface area contributed by atoms with E-state index in [4.69, 9.17) is 4.98 Å². The average Bonchev–Trinajstić information content (AvgIpc) is 3.56. The van der Waals surface area contributed by atoms with Crippen molar-refractivity contribution < 1.29 is 4.39 Å². The Bertz CT molecular complexity index is 1680. The van der Waals surface area contributed by atoms with E-state index in [2.05, 4.69) is 44.2 Å². The lowest BCUT2D eigenvalue weighted by Crippen LogP contribution is -2.08. The molecule has 0 aliphatic heterocycles. The number of aromatic nitrogens is 6. The lowest BCUT2D eigenvalue weighted by Gasteiger charge is -2.13. The summed E-state index contributed by atoms with van der Waals surface area (Å²) >= 11 is 1.67. The fourth-order valence-corrected chi connectivity index (χ4v) is 4.91. The number of nitrogens with one attached hydrogen (secondary N) is 2. The molecule has 9 heteroatoms. The number of imidazole rings is 1. The summed E-state index contributed by atoms with van der Waals surface area (Å²) in [5, 5.41) is 7.85. The number of aryl methyl sites for hydroxylation is 1. The topological polar surface area (TPSA) is 86.4 Å². The van der Waals surface area contributed by atoms with Gasteiger partial charge in [0.1, 0.15) is 22.4 Å². The molecule has 0 amide bonds. The van der Waals surface area contributed by atoms with E-state index in [1.54, 1.807) is 29.9 Å².